The molecule has 1 N–H and O–H groups in total. The van der Waals surface area contributed by atoms with Crippen molar-refractivity contribution in [2.45, 2.75) is 0 Å². The molecule has 0 aliphatic heterocycles. The van der Waals surface area contributed by atoms with Crippen molar-refractivity contribution in [1.29, 1.82) is 0 Å². The molecule has 1 rings (SSSR count). The van der Waals surface area contributed by atoms with Crippen LogP contribution in [0.3, 0.4) is 0 Å². The molecule has 3 heteroatoms. The Morgan fingerprint density at radius 1 is 1.60 bits per heavy atom. The predicted molar refractivity (Wildman–Crippen MR) is 46.5 cm³/mol. The lowest BCUT2D eigenvalue weighted by Gasteiger charge is -1.82. The van der Waals surface area contributed by atoms with Crippen LogP contribution in [0.15, 0.2) is 10.8 Å². The molecular weight excluding hydrogens is 143 g/mol. The normalized spacial score (nSPS) is 8.50. The summed E-state index contributed by atoms with van der Waals surface area (Å²) in [5.74, 6) is 5.46. The minimum absolute atomic E-state index is 0.0602. The van der Waals surface area contributed by atoms with Gasteiger partial charge < -0.3 is 5.11 Å². The van der Waals surface area contributed by atoms with Crippen molar-refractivity contribution >= 4 is 24.6 Å². The summed E-state index contributed by atoms with van der Waals surface area (Å²) < 4.78 is 0. The summed E-state index contributed by atoms with van der Waals surface area (Å²) in [6.45, 7) is -0.0602. The monoisotopic (exact) mass is 150 g/mol. The van der Waals surface area contributed by atoms with Gasteiger partial charge in [0.25, 0.3) is 0 Å². The zero-order chi connectivity index (χ0) is 7.40. The molecule has 50 valence electrons. The third-order valence-corrected chi connectivity index (χ3v) is 2.02. The van der Waals surface area contributed by atoms with Gasteiger partial charge in [-0.1, -0.05) is 17.3 Å². The molecule has 0 radical (unpaired) electrons. The van der Waals surface area contributed by atoms with E-state index in [1.54, 1.807) is 11.3 Å². The predicted octanol–water partition coefficient (Wildman–Crippen LogP) is -0.650. The van der Waals surface area contributed by atoms with Crippen LogP contribution in [-0.2, 0) is 0 Å². The molecule has 0 saturated heterocycles. The summed E-state index contributed by atoms with van der Waals surface area (Å²) >= 11 is 1.63. The van der Waals surface area contributed by atoms with E-state index in [2.05, 4.69) is 11.8 Å². The second-order valence-corrected chi connectivity index (χ2v) is 2.67. The van der Waals surface area contributed by atoms with Gasteiger partial charge in [0.05, 0.1) is 0 Å². The van der Waals surface area contributed by atoms with Crippen LogP contribution in [0.2, 0.25) is 0 Å². The van der Waals surface area contributed by atoms with Crippen molar-refractivity contribution in [3.8, 4) is 11.8 Å². The Balaban J connectivity index is 2.84. The van der Waals surface area contributed by atoms with Crippen LogP contribution in [0.4, 0.5) is 0 Å². The standard InChI is InChI=1S/C7H7BOS/c8-7-5-10-4-6(7)2-1-3-9/h4-5,9H,3,8H2. The smallest absolute Gasteiger partial charge is 0.142 e. The van der Waals surface area contributed by atoms with Crippen molar-refractivity contribution in [3.63, 3.8) is 0 Å². The number of rotatable bonds is 0. The SMILES string of the molecule is Bc1cscc1C#CCO. The van der Waals surface area contributed by atoms with E-state index in [1.165, 1.54) is 5.46 Å². The maximum Gasteiger partial charge on any atom is 0.142 e. The topological polar surface area (TPSA) is 20.2 Å². The average molecular weight is 150 g/mol. The van der Waals surface area contributed by atoms with E-state index in [9.17, 15) is 0 Å². The third-order valence-electron chi connectivity index (χ3n) is 1.16. The van der Waals surface area contributed by atoms with Crippen LogP contribution in [0.1, 0.15) is 5.56 Å². The minimum Gasteiger partial charge on any atom is -0.384 e. The lowest BCUT2D eigenvalue weighted by atomic mass is 9.96. The largest absolute Gasteiger partial charge is 0.384 e. The van der Waals surface area contributed by atoms with E-state index in [0.717, 1.165) is 5.56 Å². The first-order valence-electron chi connectivity index (χ1n) is 2.97. The summed E-state index contributed by atoms with van der Waals surface area (Å²) in [5.41, 5.74) is 2.21. The highest BCUT2D eigenvalue weighted by Crippen LogP contribution is 1.99. The summed E-state index contributed by atoms with van der Waals surface area (Å²) in [4.78, 5) is 0. The van der Waals surface area contributed by atoms with Gasteiger partial charge in [-0.15, -0.1) is 0 Å². The van der Waals surface area contributed by atoms with Gasteiger partial charge in [0, 0.05) is 10.9 Å². The molecular formula is C7H7BOS. The molecule has 1 aromatic heterocycles. The zero-order valence-corrected chi connectivity index (χ0v) is 6.53. The molecule has 1 heterocycles. The minimum atomic E-state index is -0.0602. The van der Waals surface area contributed by atoms with Crippen molar-refractivity contribution in [2.75, 3.05) is 6.61 Å². The summed E-state index contributed by atoms with van der Waals surface area (Å²) in [7, 11) is 2.01. The Kier molecular flexibility index (Phi) is 2.55. The summed E-state index contributed by atoms with van der Waals surface area (Å²) in [5, 5.41) is 12.4. The van der Waals surface area contributed by atoms with Crippen LogP contribution >= 0.6 is 11.3 Å². The molecule has 0 aliphatic rings. The molecule has 0 bridgehead atoms. The van der Waals surface area contributed by atoms with Gasteiger partial charge in [-0.3, -0.25) is 0 Å². The second kappa shape index (κ2) is 3.45. The number of aliphatic hydroxyl groups is 1. The fourth-order valence-corrected chi connectivity index (χ4v) is 1.40. The van der Waals surface area contributed by atoms with Crippen molar-refractivity contribution in [1.82, 2.24) is 0 Å². The van der Waals surface area contributed by atoms with Gasteiger partial charge >= 0.3 is 0 Å². The molecule has 10 heavy (non-hydrogen) atoms. The van der Waals surface area contributed by atoms with E-state index in [-0.39, 0.29) is 6.61 Å². The van der Waals surface area contributed by atoms with Gasteiger partial charge in [-0.05, 0) is 5.38 Å². The Bertz CT molecular complexity index is 269. The molecule has 0 saturated carbocycles. The Hall–Kier alpha value is -0.715. The van der Waals surface area contributed by atoms with Gasteiger partial charge in [-0.25, -0.2) is 0 Å². The first-order chi connectivity index (χ1) is 4.84. The van der Waals surface area contributed by atoms with E-state index in [4.69, 9.17) is 5.11 Å². The molecule has 1 nitrogen and oxygen atoms in total. The number of thiophene rings is 1. The Morgan fingerprint density at radius 2 is 2.40 bits per heavy atom. The second-order valence-electron chi connectivity index (χ2n) is 1.93. The molecule has 0 amide bonds. The quantitative estimate of drug-likeness (QED) is 0.385. The molecule has 0 fully saturated rings. The molecule has 0 aromatic carbocycles. The first kappa shape index (κ1) is 7.39. The van der Waals surface area contributed by atoms with Crippen molar-refractivity contribution < 1.29 is 5.11 Å². The first-order valence-corrected chi connectivity index (χ1v) is 3.91. The number of hydrogen-bond donors (Lipinski definition) is 1. The van der Waals surface area contributed by atoms with Crippen LogP contribution in [-0.4, -0.2) is 19.6 Å². The zero-order valence-electron chi connectivity index (χ0n) is 5.72. The fraction of sp³-hybridized carbons (Fsp3) is 0.143. The maximum absolute atomic E-state index is 8.39. The van der Waals surface area contributed by atoms with E-state index >= 15 is 0 Å². The van der Waals surface area contributed by atoms with Gasteiger partial charge in [0.15, 0.2) is 0 Å². The highest BCUT2D eigenvalue weighted by Gasteiger charge is 1.91. The Labute approximate surface area is 65.1 Å². The lowest BCUT2D eigenvalue weighted by Crippen LogP contribution is -2.00. The average Bonchev–Trinajstić information content (AvgIpc) is 2.31. The van der Waals surface area contributed by atoms with Gasteiger partial charge in [0.2, 0.25) is 0 Å². The van der Waals surface area contributed by atoms with E-state index in [1.807, 2.05) is 18.6 Å². The van der Waals surface area contributed by atoms with E-state index in [0.29, 0.717) is 0 Å². The Morgan fingerprint density at radius 3 is 2.90 bits per heavy atom. The number of aliphatic hydroxyl groups excluding tert-OH is 1. The molecule has 0 atom stereocenters. The third kappa shape index (κ3) is 1.63. The van der Waals surface area contributed by atoms with Crippen molar-refractivity contribution in [3.05, 3.63) is 16.3 Å². The van der Waals surface area contributed by atoms with Crippen LogP contribution < -0.4 is 5.46 Å². The van der Waals surface area contributed by atoms with Crippen LogP contribution in [0.5, 0.6) is 0 Å². The van der Waals surface area contributed by atoms with Crippen LogP contribution in [0, 0.1) is 11.8 Å². The molecule has 0 aliphatic carbocycles. The maximum atomic E-state index is 8.39. The number of hydrogen-bond acceptors (Lipinski definition) is 2. The lowest BCUT2D eigenvalue weighted by molar-refractivity contribution is 0.350. The summed E-state index contributed by atoms with van der Waals surface area (Å²) in [6, 6.07) is 0. The highest BCUT2D eigenvalue weighted by molar-refractivity contribution is 7.09. The molecule has 0 unspecified atom stereocenters. The van der Waals surface area contributed by atoms with Gasteiger partial charge in [-0.2, -0.15) is 11.3 Å². The summed E-state index contributed by atoms with van der Waals surface area (Å²) in [6.07, 6.45) is 0. The van der Waals surface area contributed by atoms with Gasteiger partial charge in [0.1, 0.15) is 14.5 Å². The fourth-order valence-electron chi connectivity index (χ4n) is 0.623. The van der Waals surface area contributed by atoms with E-state index < -0.39 is 0 Å². The highest BCUT2D eigenvalue weighted by atomic mass is 32.1. The molecule has 0 spiro atoms. The van der Waals surface area contributed by atoms with Crippen LogP contribution in [0.25, 0.3) is 0 Å². The molecule has 1 aromatic rings. The van der Waals surface area contributed by atoms with Crippen molar-refractivity contribution in [2.24, 2.45) is 0 Å².